The quantitative estimate of drug-likeness (QED) is 0.309. The molecule has 5 heteroatoms. The zero-order valence-corrected chi connectivity index (χ0v) is 18.1. The number of hydrogen-bond acceptors (Lipinski definition) is 4. The van der Waals surface area contributed by atoms with E-state index in [2.05, 4.69) is 22.6 Å². The van der Waals surface area contributed by atoms with Crippen LogP contribution < -0.4 is 9.47 Å². The minimum Gasteiger partial charge on any atom is -0.493 e. The number of thioether (sulfide) groups is 1. The predicted octanol–water partition coefficient (Wildman–Crippen LogP) is 6.21. The highest BCUT2D eigenvalue weighted by atomic mass is 127. The van der Waals surface area contributed by atoms with Crippen LogP contribution in [0.3, 0.4) is 0 Å². The predicted molar refractivity (Wildman–Crippen MR) is 121 cm³/mol. The highest BCUT2D eigenvalue weighted by Crippen LogP contribution is 2.42. The van der Waals surface area contributed by atoms with E-state index in [-0.39, 0.29) is 5.78 Å². The second-order valence-electron chi connectivity index (χ2n) is 6.24. The van der Waals surface area contributed by atoms with E-state index < -0.39 is 0 Å². The highest BCUT2D eigenvalue weighted by Gasteiger charge is 2.25. The molecule has 0 amide bonds. The number of carbonyl (C=O) groups is 1. The Kier molecular flexibility index (Phi) is 5.73. The summed E-state index contributed by atoms with van der Waals surface area (Å²) < 4.78 is 12.5. The topological polar surface area (TPSA) is 35.5 Å². The van der Waals surface area contributed by atoms with Gasteiger partial charge in [-0.1, -0.05) is 54.2 Å². The molecule has 3 aromatic rings. The van der Waals surface area contributed by atoms with Gasteiger partial charge in [-0.25, -0.2) is 0 Å². The van der Waals surface area contributed by atoms with E-state index >= 15 is 0 Å². The van der Waals surface area contributed by atoms with Crippen LogP contribution in [0.1, 0.15) is 21.5 Å². The number of rotatable bonds is 5. The van der Waals surface area contributed by atoms with E-state index in [1.165, 1.54) is 11.8 Å². The summed E-state index contributed by atoms with van der Waals surface area (Å²) >= 11 is 3.75. The van der Waals surface area contributed by atoms with Gasteiger partial charge in [0.1, 0.15) is 6.61 Å². The molecule has 0 bridgehead atoms. The first-order chi connectivity index (χ1) is 13.7. The maximum absolute atomic E-state index is 12.6. The Hall–Kier alpha value is -2.25. The Morgan fingerprint density at radius 1 is 1.04 bits per heavy atom. The van der Waals surface area contributed by atoms with Gasteiger partial charge < -0.3 is 9.47 Å². The average molecular weight is 500 g/mol. The fourth-order valence-electron chi connectivity index (χ4n) is 2.98. The van der Waals surface area contributed by atoms with Gasteiger partial charge in [-0.15, -0.1) is 0 Å². The van der Waals surface area contributed by atoms with E-state index in [4.69, 9.17) is 9.47 Å². The molecule has 140 valence electrons. The Morgan fingerprint density at radius 2 is 1.79 bits per heavy atom. The van der Waals surface area contributed by atoms with Crippen LogP contribution in [0.25, 0.3) is 6.08 Å². The van der Waals surface area contributed by atoms with Crippen LogP contribution in [0.2, 0.25) is 0 Å². The van der Waals surface area contributed by atoms with Crippen molar-refractivity contribution in [1.82, 2.24) is 0 Å². The van der Waals surface area contributed by atoms with Crippen molar-refractivity contribution < 1.29 is 14.3 Å². The summed E-state index contributed by atoms with van der Waals surface area (Å²) in [4.78, 5) is 14.3. The monoisotopic (exact) mass is 500 g/mol. The summed E-state index contributed by atoms with van der Waals surface area (Å²) in [6.45, 7) is 0.470. The Morgan fingerprint density at radius 3 is 2.54 bits per heavy atom. The molecular weight excluding hydrogens is 483 g/mol. The molecule has 0 N–H and O–H groups in total. The number of benzene rings is 3. The fraction of sp³-hybridized carbons (Fsp3) is 0.0870. The molecule has 0 radical (unpaired) electrons. The van der Waals surface area contributed by atoms with Crippen LogP contribution >= 0.6 is 34.4 Å². The van der Waals surface area contributed by atoms with Crippen LogP contribution in [0.5, 0.6) is 11.5 Å². The van der Waals surface area contributed by atoms with Gasteiger partial charge in [-0.2, -0.15) is 0 Å². The third kappa shape index (κ3) is 3.95. The van der Waals surface area contributed by atoms with Crippen molar-refractivity contribution in [1.29, 1.82) is 0 Å². The van der Waals surface area contributed by atoms with E-state index in [1.807, 2.05) is 72.8 Å². The third-order valence-electron chi connectivity index (χ3n) is 4.35. The second kappa shape index (κ2) is 8.41. The Labute approximate surface area is 181 Å². The largest absolute Gasteiger partial charge is 0.493 e. The number of Topliss-reactive ketones (excluding diaryl/α,β-unsaturated/α-hetero) is 1. The number of allylic oxidation sites excluding steroid dienone is 1. The Balaban J connectivity index is 1.60. The molecule has 0 saturated heterocycles. The van der Waals surface area contributed by atoms with E-state index in [0.29, 0.717) is 18.1 Å². The number of halogens is 1. The molecule has 0 atom stereocenters. The Bertz CT molecular complexity index is 1060. The van der Waals surface area contributed by atoms with Crippen LogP contribution in [0.4, 0.5) is 0 Å². The number of methoxy groups -OCH3 is 1. The summed E-state index contributed by atoms with van der Waals surface area (Å²) in [5, 5.41) is 0. The number of carbonyl (C=O) groups excluding carboxylic acids is 1. The minimum atomic E-state index is 0.0685. The van der Waals surface area contributed by atoms with Gasteiger partial charge >= 0.3 is 0 Å². The highest BCUT2D eigenvalue weighted by molar-refractivity contribution is 14.1. The van der Waals surface area contributed by atoms with Crippen molar-refractivity contribution in [2.24, 2.45) is 0 Å². The molecule has 28 heavy (non-hydrogen) atoms. The maximum atomic E-state index is 12.6. The lowest BCUT2D eigenvalue weighted by Crippen LogP contribution is -2.00. The van der Waals surface area contributed by atoms with Crippen LogP contribution in [-0.2, 0) is 6.61 Å². The minimum absolute atomic E-state index is 0.0685. The standard InChI is InChI=1S/C23H17IO3S/c1-26-19-12-16(13-21-22(25)17-9-5-6-10-20(17)28-21)11-18(24)23(19)27-14-15-7-3-2-4-8-15/h2-13H,14H2,1H3/b21-13-. The number of fused-ring (bicyclic) bond motifs is 1. The lowest BCUT2D eigenvalue weighted by molar-refractivity contribution is 0.104. The van der Waals surface area contributed by atoms with Crippen molar-refractivity contribution in [3.05, 3.63) is 91.9 Å². The van der Waals surface area contributed by atoms with Crippen molar-refractivity contribution in [3.63, 3.8) is 0 Å². The first kappa shape index (κ1) is 19.1. The normalized spacial score (nSPS) is 14.2. The summed E-state index contributed by atoms with van der Waals surface area (Å²) in [7, 11) is 1.63. The molecule has 0 unspecified atom stereocenters. The summed E-state index contributed by atoms with van der Waals surface area (Å²) in [5.41, 5.74) is 2.78. The number of hydrogen-bond donors (Lipinski definition) is 0. The first-order valence-electron chi connectivity index (χ1n) is 8.73. The molecule has 0 saturated carbocycles. The molecule has 3 nitrogen and oxygen atoms in total. The van der Waals surface area contributed by atoms with Gasteiger partial charge in [0.25, 0.3) is 0 Å². The molecule has 0 aromatic heterocycles. The summed E-state index contributed by atoms with van der Waals surface area (Å²) in [6, 6.07) is 21.6. The number of ketones is 1. The maximum Gasteiger partial charge on any atom is 0.200 e. The molecule has 3 aromatic carbocycles. The molecule has 1 aliphatic rings. The average Bonchev–Trinajstić information content (AvgIpc) is 3.03. The van der Waals surface area contributed by atoms with Gasteiger partial charge in [0.15, 0.2) is 11.5 Å². The zero-order chi connectivity index (χ0) is 19.5. The van der Waals surface area contributed by atoms with Gasteiger partial charge in [0, 0.05) is 10.5 Å². The second-order valence-corrected chi connectivity index (χ2v) is 8.49. The summed E-state index contributed by atoms with van der Waals surface area (Å²) in [6.07, 6.45) is 1.92. The number of ether oxygens (including phenoxy) is 2. The van der Waals surface area contributed by atoms with Gasteiger partial charge in [-0.05, 0) is 64.1 Å². The van der Waals surface area contributed by atoms with Crippen molar-refractivity contribution in [2.75, 3.05) is 7.11 Å². The van der Waals surface area contributed by atoms with Crippen LogP contribution in [0, 0.1) is 3.57 Å². The molecule has 0 aliphatic carbocycles. The lowest BCUT2D eigenvalue weighted by Gasteiger charge is -2.14. The van der Waals surface area contributed by atoms with Crippen molar-refractivity contribution in [3.8, 4) is 11.5 Å². The smallest absolute Gasteiger partial charge is 0.200 e. The van der Waals surface area contributed by atoms with Crippen molar-refractivity contribution in [2.45, 2.75) is 11.5 Å². The van der Waals surface area contributed by atoms with Gasteiger partial charge in [0.2, 0.25) is 5.78 Å². The zero-order valence-electron chi connectivity index (χ0n) is 15.1. The first-order valence-corrected chi connectivity index (χ1v) is 10.6. The molecular formula is C23H17IO3S. The van der Waals surface area contributed by atoms with Crippen molar-refractivity contribution >= 4 is 46.2 Å². The SMILES string of the molecule is COc1cc(/C=C2\Sc3ccccc3C2=O)cc(I)c1OCc1ccccc1. The summed E-state index contributed by atoms with van der Waals surface area (Å²) in [5.74, 6) is 1.43. The van der Waals surface area contributed by atoms with Crippen LogP contribution in [0.15, 0.2) is 76.5 Å². The lowest BCUT2D eigenvalue weighted by atomic mass is 10.1. The van der Waals surface area contributed by atoms with Crippen LogP contribution in [-0.4, -0.2) is 12.9 Å². The molecule has 1 aliphatic heterocycles. The third-order valence-corrected chi connectivity index (χ3v) is 6.25. The molecule has 0 spiro atoms. The van der Waals surface area contributed by atoms with Gasteiger partial charge in [-0.3, -0.25) is 4.79 Å². The van der Waals surface area contributed by atoms with E-state index in [9.17, 15) is 4.79 Å². The molecule has 4 rings (SSSR count). The fourth-order valence-corrected chi connectivity index (χ4v) is 4.81. The van der Waals surface area contributed by atoms with Gasteiger partial charge in [0.05, 0.1) is 15.6 Å². The van der Waals surface area contributed by atoms with E-state index in [0.717, 1.165) is 30.1 Å². The molecule has 0 fully saturated rings. The molecule has 1 heterocycles. The van der Waals surface area contributed by atoms with E-state index in [1.54, 1.807) is 7.11 Å².